The number of nitrogens with two attached hydrogens (primary N) is 2. The predicted molar refractivity (Wildman–Crippen MR) is 64.6 cm³/mol. The van der Waals surface area contributed by atoms with Crippen molar-refractivity contribution in [2.45, 2.75) is 26.3 Å². The number of rotatable bonds is 0. The number of nitrogen functional groups attached to an aromatic ring is 1. The van der Waals surface area contributed by atoms with Crippen LogP contribution in [-0.2, 0) is 0 Å². The first-order valence-corrected chi connectivity index (χ1v) is 4.89. The van der Waals surface area contributed by atoms with Crippen LogP contribution < -0.4 is 16.2 Å². The van der Waals surface area contributed by atoms with Crippen LogP contribution in [0, 0.1) is 13.8 Å². The second-order valence-corrected chi connectivity index (χ2v) is 3.89. The molecule has 0 radical (unpaired) electrons. The van der Waals surface area contributed by atoms with Gasteiger partial charge in [0.2, 0.25) is 0 Å². The molecule has 1 heterocycles. The Morgan fingerprint density at radius 1 is 1.40 bits per heavy atom. The molecular formula is C11H17ClN2O. The number of hydrogen-bond donors (Lipinski definition) is 2. The van der Waals surface area contributed by atoms with Crippen LogP contribution in [-0.4, -0.2) is 6.61 Å². The summed E-state index contributed by atoms with van der Waals surface area (Å²) in [5.41, 5.74) is 16.0. The molecule has 2 rings (SSSR count). The van der Waals surface area contributed by atoms with Gasteiger partial charge in [0.1, 0.15) is 5.75 Å². The molecule has 4 heteroatoms. The Hall–Kier alpha value is -0.930. The molecule has 0 unspecified atom stereocenters. The maximum absolute atomic E-state index is 6.03. The van der Waals surface area contributed by atoms with Crippen molar-refractivity contribution in [1.29, 1.82) is 0 Å². The van der Waals surface area contributed by atoms with Crippen LogP contribution in [0.2, 0.25) is 0 Å². The molecule has 1 aromatic rings. The van der Waals surface area contributed by atoms with E-state index in [1.165, 1.54) is 0 Å². The summed E-state index contributed by atoms with van der Waals surface area (Å²) >= 11 is 0. The lowest BCUT2D eigenvalue weighted by molar-refractivity contribution is 0.268. The summed E-state index contributed by atoms with van der Waals surface area (Å²) in [6.07, 6.45) is 0.871. The number of halogens is 1. The predicted octanol–water partition coefficient (Wildman–Crippen LogP) is 2.09. The summed E-state index contributed by atoms with van der Waals surface area (Å²) in [6, 6.07) is 2.05. The summed E-state index contributed by atoms with van der Waals surface area (Å²) < 4.78 is 5.57. The zero-order valence-electron chi connectivity index (χ0n) is 9.04. The van der Waals surface area contributed by atoms with Crippen LogP contribution in [0.25, 0.3) is 0 Å². The van der Waals surface area contributed by atoms with E-state index in [2.05, 4.69) is 0 Å². The number of benzene rings is 1. The van der Waals surface area contributed by atoms with Crippen LogP contribution in [0.3, 0.4) is 0 Å². The molecule has 15 heavy (non-hydrogen) atoms. The molecule has 1 aliphatic heterocycles. The van der Waals surface area contributed by atoms with Crippen molar-refractivity contribution in [1.82, 2.24) is 0 Å². The molecule has 0 bridgehead atoms. The highest BCUT2D eigenvalue weighted by molar-refractivity contribution is 5.85. The topological polar surface area (TPSA) is 61.3 Å². The van der Waals surface area contributed by atoms with E-state index in [9.17, 15) is 0 Å². The highest BCUT2D eigenvalue weighted by Crippen LogP contribution is 2.37. The quantitative estimate of drug-likeness (QED) is 0.669. The minimum atomic E-state index is 0. The number of hydrogen-bond acceptors (Lipinski definition) is 3. The average molecular weight is 229 g/mol. The molecule has 1 aliphatic rings. The SMILES string of the molecule is Cc1cc2c(c(C)c1N)[C@@H](N)CCO2.Cl. The molecule has 3 nitrogen and oxygen atoms in total. The largest absolute Gasteiger partial charge is 0.493 e. The van der Waals surface area contributed by atoms with Gasteiger partial charge in [-0.3, -0.25) is 0 Å². The lowest BCUT2D eigenvalue weighted by Crippen LogP contribution is -2.22. The number of fused-ring (bicyclic) bond motifs is 1. The molecule has 1 aromatic carbocycles. The third-order valence-electron chi connectivity index (χ3n) is 2.90. The second kappa shape index (κ2) is 4.29. The minimum absolute atomic E-state index is 0. The van der Waals surface area contributed by atoms with Crippen molar-refractivity contribution >= 4 is 18.1 Å². The third-order valence-corrected chi connectivity index (χ3v) is 2.90. The number of anilines is 1. The zero-order valence-corrected chi connectivity index (χ0v) is 9.86. The van der Waals surface area contributed by atoms with E-state index in [0.29, 0.717) is 6.61 Å². The van der Waals surface area contributed by atoms with E-state index in [0.717, 1.165) is 34.5 Å². The van der Waals surface area contributed by atoms with Gasteiger partial charge in [-0.25, -0.2) is 0 Å². The Balaban J connectivity index is 0.00000112. The van der Waals surface area contributed by atoms with Crippen LogP contribution >= 0.6 is 12.4 Å². The van der Waals surface area contributed by atoms with Gasteiger partial charge >= 0.3 is 0 Å². The monoisotopic (exact) mass is 228 g/mol. The Morgan fingerprint density at radius 3 is 2.73 bits per heavy atom. The number of aryl methyl sites for hydroxylation is 1. The van der Waals surface area contributed by atoms with Gasteiger partial charge in [0.25, 0.3) is 0 Å². The summed E-state index contributed by atoms with van der Waals surface area (Å²) in [5, 5.41) is 0. The van der Waals surface area contributed by atoms with Crippen molar-refractivity contribution in [3.63, 3.8) is 0 Å². The first-order valence-electron chi connectivity index (χ1n) is 4.89. The maximum atomic E-state index is 6.03. The van der Waals surface area contributed by atoms with Gasteiger partial charge in [-0.15, -0.1) is 12.4 Å². The lowest BCUT2D eigenvalue weighted by Gasteiger charge is -2.26. The standard InChI is InChI=1S/C11H16N2O.ClH/c1-6-5-9-10(7(2)11(6)13)8(12)3-4-14-9;/h5,8H,3-4,12-13H2,1-2H3;1H/t8-;/m0./s1. The van der Waals surface area contributed by atoms with E-state index >= 15 is 0 Å². The summed E-state index contributed by atoms with van der Waals surface area (Å²) in [6.45, 7) is 4.71. The van der Waals surface area contributed by atoms with Crippen molar-refractivity contribution in [2.75, 3.05) is 12.3 Å². The van der Waals surface area contributed by atoms with Crippen molar-refractivity contribution < 1.29 is 4.74 Å². The summed E-state index contributed by atoms with van der Waals surface area (Å²) in [4.78, 5) is 0. The van der Waals surface area contributed by atoms with Crippen LogP contribution in [0.5, 0.6) is 5.75 Å². The molecule has 0 aromatic heterocycles. The lowest BCUT2D eigenvalue weighted by atomic mass is 9.93. The molecular weight excluding hydrogens is 212 g/mol. The molecule has 0 saturated carbocycles. The van der Waals surface area contributed by atoms with Crippen LogP contribution in [0.4, 0.5) is 5.69 Å². The van der Waals surface area contributed by atoms with Gasteiger partial charge in [-0.05, 0) is 31.0 Å². The fourth-order valence-corrected chi connectivity index (χ4v) is 2.00. The second-order valence-electron chi connectivity index (χ2n) is 3.89. The summed E-state index contributed by atoms with van der Waals surface area (Å²) in [7, 11) is 0. The molecule has 0 saturated heterocycles. The van der Waals surface area contributed by atoms with Gasteiger partial charge in [0, 0.05) is 23.7 Å². The van der Waals surface area contributed by atoms with E-state index in [1.807, 2.05) is 19.9 Å². The highest BCUT2D eigenvalue weighted by atomic mass is 35.5. The molecule has 84 valence electrons. The first-order chi connectivity index (χ1) is 6.61. The fourth-order valence-electron chi connectivity index (χ4n) is 2.00. The smallest absolute Gasteiger partial charge is 0.124 e. The van der Waals surface area contributed by atoms with Crippen LogP contribution in [0.15, 0.2) is 6.07 Å². The van der Waals surface area contributed by atoms with E-state index < -0.39 is 0 Å². The Morgan fingerprint density at radius 2 is 2.07 bits per heavy atom. The van der Waals surface area contributed by atoms with Crippen molar-refractivity contribution in [3.05, 3.63) is 22.8 Å². The van der Waals surface area contributed by atoms with Gasteiger partial charge in [-0.1, -0.05) is 0 Å². The Bertz CT molecular complexity index is 379. The highest BCUT2D eigenvalue weighted by Gasteiger charge is 2.22. The van der Waals surface area contributed by atoms with Crippen molar-refractivity contribution in [2.24, 2.45) is 5.73 Å². The molecule has 4 N–H and O–H groups in total. The number of ether oxygens (including phenoxy) is 1. The third kappa shape index (κ3) is 1.90. The van der Waals surface area contributed by atoms with Crippen LogP contribution in [0.1, 0.15) is 29.2 Å². The molecule has 0 aliphatic carbocycles. The first kappa shape index (κ1) is 12.1. The zero-order chi connectivity index (χ0) is 10.3. The summed E-state index contributed by atoms with van der Waals surface area (Å²) in [5.74, 6) is 0.910. The minimum Gasteiger partial charge on any atom is -0.493 e. The van der Waals surface area contributed by atoms with Gasteiger partial charge < -0.3 is 16.2 Å². The average Bonchev–Trinajstić information content (AvgIpc) is 2.14. The van der Waals surface area contributed by atoms with Crippen molar-refractivity contribution in [3.8, 4) is 5.75 Å². The maximum Gasteiger partial charge on any atom is 0.124 e. The Labute approximate surface area is 96.2 Å². The van der Waals surface area contributed by atoms with E-state index in [-0.39, 0.29) is 18.4 Å². The van der Waals surface area contributed by atoms with E-state index in [4.69, 9.17) is 16.2 Å². The van der Waals surface area contributed by atoms with Gasteiger partial charge in [0.05, 0.1) is 6.61 Å². The Kier molecular flexibility index (Phi) is 3.47. The van der Waals surface area contributed by atoms with Gasteiger partial charge in [-0.2, -0.15) is 0 Å². The molecule has 0 fully saturated rings. The molecule has 0 spiro atoms. The van der Waals surface area contributed by atoms with E-state index in [1.54, 1.807) is 0 Å². The van der Waals surface area contributed by atoms with Gasteiger partial charge in [0.15, 0.2) is 0 Å². The fraction of sp³-hybridized carbons (Fsp3) is 0.455. The molecule has 1 atom stereocenters. The normalized spacial score (nSPS) is 18.7. The molecule has 0 amide bonds.